The molecule has 0 aliphatic carbocycles. The molecule has 0 aliphatic rings. The van der Waals surface area contributed by atoms with E-state index in [0.29, 0.717) is 0 Å². The summed E-state index contributed by atoms with van der Waals surface area (Å²) in [5.74, 6) is -3.69. The smallest absolute Gasteiger partial charge is 0.0800 e. The Hall–Kier alpha value is -0.680. The first-order valence-corrected chi connectivity index (χ1v) is 5.08. The van der Waals surface area contributed by atoms with E-state index in [1.54, 1.807) is 0 Å². The van der Waals surface area contributed by atoms with Crippen molar-refractivity contribution < 1.29 is 19.8 Å². The molecule has 86 valence electrons. The van der Waals surface area contributed by atoms with Gasteiger partial charge < -0.3 is 19.8 Å². The highest BCUT2D eigenvalue weighted by molar-refractivity contribution is 6.53. The van der Waals surface area contributed by atoms with Crippen LogP contribution in [0.2, 0.25) is 20.1 Å². The van der Waals surface area contributed by atoms with E-state index < -0.39 is 33.1 Å². The number of aromatic carboxylic acids is 2. The summed E-state index contributed by atoms with van der Waals surface area (Å²) in [7, 11) is 0. The summed E-state index contributed by atoms with van der Waals surface area (Å²) in [5, 5.41) is 19.6. The van der Waals surface area contributed by atoms with Crippen LogP contribution in [0, 0.1) is 0 Å². The molecule has 0 aromatic heterocycles. The third-order valence-corrected chi connectivity index (χ3v) is 3.48. The predicted molar refractivity (Wildman–Crippen MR) is 55.1 cm³/mol. The number of rotatable bonds is 2. The first kappa shape index (κ1) is 13.4. The number of hydrogen-bond acceptors (Lipinski definition) is 4. The minimum atomic E-state index is -1.84. The van der Waals surface area contributed by atoms with Crippen molar-refractivity contribution in [2.75, 3.05) is 0 Å². The molecular formula is C8Cl4O4-2. The van der Waals surface area contributed by atoms with Crippen LogP contribution in [0.4, 0.5) is 0 Å². The van der Waals surface area contributed by atoms with Gasteiger partial charge >= 0.3 is 0 Å². The highest BCUT2D eigenvalue weighted by Gasteiger charge is 2.21. The lowest BCUT2D eigenvalue weighted by Gasteiger charge is -2.17. The third-order valence-electron chi connectivity index (χ3n) is 1.68. The van der Waals surface area contributed by atoms with Gasteiger partial charge in [0, 0.05) is 11.1 Å². The Labute approximate surface area is 109 Å². The molecule has 0 heterocycles. The molecule has 4 nitrogen and oxygen atoms in total. The van der Waals surface area contributed by atoms with Crippen LogP contribution < -0.4 is 10.2 Å². The zero-order valence-electron chi connectivity index (χ0n) is 7.14. The molecule has 0 amide bonds. The number of halogens is 4. The van der Waals surface area contributed by atoms with E-state index in [9.17, 15) is 19.8 Å². The minimum absolute atomic E-state index is 0.363. The predicted octanol–water partition coefficient (Wildman–Crippen LogP) is 1.03. The van der Waals surface area contributed by atoms with E-state index in [1.165, 1.54) is 0 Å². The van der Waals surface area contributed by atoms with Gasteiger partial charge in [0.1, 0.15) is 0 Å². The second-order valence-electron chi connectivity index (χ2n) is 2.58. The van der Waals surface area contributed by atoms with Crippen LogP contribution in [-0.4, -0.2) is 11.9 Å². The van der Waals surface area contributed by atoms with Gasteiger partial charge in [0.25, 0.3) is 0 Å². The van der Waals surface area contributed by atoms with Gasteiger partial charge in [0.15, 0.2) is 0 Å². The van der Waals surface area contributed by atoms with Gasteiger partial charge in [-0.05, 0) is 0 Å². The van der Waals surface area contributed by atoms with Gasteiger partial charge in [-0.1, -0.05) is 46.4 Å². The normalized spacial score (nSPS) is 10.2. The average Bonchev–Trinajstić information content (AvgIpc) is 2.18. The second kappa shape index (κ2) is 4.67. The highest BCUT2D eigenvalue weighted by Crippen LogP contribution is 2.40. The molecule has 1 rings (SSSR count). The molecule has 0 spiro atoms. The summed E-state index contributed by atoms with van der Waals surface area (Å²) in [4.78, 5) is 21.4. The maximum absolute atomic E-state index is 10.7. The lowest BCUT2D eigenvalue weighted by atomic mass is 10.1. The molecule has 0 saturated carbocycles. The zero-order chi connectivity index (χ0) is 12.6. The summed E-state index contributed by atoms with van der Waals surface area (Å²) in [6.45, 7) is 0. The lowest BCUT2D eigenvalue weighted by molar-refractivity contribution is -0.259. The van der Waals surface area contributed by atoms with Crippen LogP contribution in [-0.2, 0) is 0 Å². The molecule has 0 fully saturated rings. The van der Waals surface area contributed by atoms with Crippen LogP contribution in [0.5, 0.6) is 0 Å². The fourth-order valence-electron chi connectivity index (χ4n) is 1.02. The SMILES string of the molecule is O=C([O-])c1c(Cl)c(Cl)c(Cl)c(Cl)c1C(=O)[O-]. The van der Waals surface area contributed by atoms with Gasteiger partial charge in [-0.15, -0.1) is 0 Å². The lowest BCUT2D eigenvalue weighted by Crippen LogP contribution is -2.31. The number of hydrogen-bond donors (Lipinski definition) is 0. The fraction of sp³-hybridized carbons (Fsp3) is 0. The monoisotopic (exact) mass is 300 g/mol. The van der Waals surface area contributed by atoms with Crippen molar-refractivity contribution in [1.29, 1.82) is 0 Å². The van der Waals surface area contributed by atoms with Crippen molar-refractivity contribution in [3.63, 3.8) is 0 Å². The zero-order valence-corrected chi connectivity index (χ0v) is 10.2. The number of carboxylic acid groups (broad SMARTS) is 2. The van der Waals surface area contributed by atoms with Crippen molar-refractivity contribution >= 4 is 58.3 Å². The quantitative estimate of drug-likeness (QED) is 0.603. The number of carbonyl (C=O) groups is 2. The summed E-state index contributed by atoms with van der Waals surface area (Å²) < 4.78 is 0. The first-order valence-electron chi connectivity index (χ1n) is 3.57. The van der Waals surface area contributed by atoms with E-state index in [-0.39, 0.29) is 10.0 Å². The fourth-order valence-corrected chi connectivity index (χ4v) is 2.02. The van der Waals surface area contributed by atoms with Gasteiger partial charge in [0.05, 0.1) is 32.0 Å². The molecule has 0 N–H and O–H groups in total. The van der Waals surface area contributed by atoms with Gasteiger partial charge in [-0.3, -0.25) is 0 Å². The molecule has 0 unspecified atom stereocenters. The van der Waals surface area contributed by atoms with Crippen LogP contribution in [0.25, 0.3) is 0 Å². The molecule has 8 heteroatoms. The maximum atomic E-state index is 10.7. The summed E-state index contributed by atoms with van der Waals surface area (Å²) in [5.41, 5.74) is -1.72. The van der Waals surface area contributed by atoms with E-state index in [2.05, 4.69) is 0 Å². The molecule has 0 aliphatic heterocycles. The van der Waals surface area contributed by atoms with E-state index in [1.807, 2.05) is 0 Å². The maximum Gasteiger partial charge on any atom is 0.0800 e. The number of carboxylic acids is 2. The van der Waals surface area contributed by atoms with Crippen LogP contribution in [0.1, 0.15) is 20.7 Å². The van der Waals surface area contributed by atoms with E-state index in [0.717, 1.165) is 0 Å². The summed E-state index contributed by atoms with van der Waals surface area (Å²) in [6, 6.07) is 0. The molecule has 16 heavy (non-hydrogen) atoms. The summed E-state index contributed by atoms with van der Waals surface area (Å²) >= 11 is 22.2. The van der Waals surface area contributed by atoms with Crippen LogP contribution in [0.15, 0.2) is 0 Å². The van der Waals surface area contributed by atoms with Crippen molar-refractivity contribution in [3.05, 3.63) is 31.2 Å². The molecule has 0 atom stereocenters. The van der Waals surface area contributed by atoms with Gasteiger partial charge in [0.2, 0.25) is 0 Å². The second-order valence-corrected chi connectivity index (χ2v) is 4.09. The number of carbonyl (C=O) groups excluding carboxylic acids is 2. The number of benzene rings is 1. The first-order chi connectivity index (χ1) is 7.29. The minimum Gasteiger partial charge on any atom is -0.545 e. The third kappa shape index (κ3) is 2.06. The van der Waals surface area contributed by atoms with Crippen LogP contribution in [0.3, 0.4) is 0 Å². The Balaban J connectivity index is 3.83. The van der Waals surface area contributed by atoms with Crippen molar-refractivity contribution in [2.45, 2.75) is 0 Å². The summed E-state index contributed by atoms with van der Waals surface area (Å²) in [6.07, 6.45) is 0. The van der Waals surface area contributed by atoms with Crippen molar-refractivity contribution in [3.8, 4) is 0 Å². The topological polar surface area (TPSA) is 80.3 Å². The van der Waals surface area contributed by atoms with E-state index in [4.69, 9.17) is 46.4 Å². The molecule has 0 saturated heterocycles. The molecule has 1 aromatic rings. The Kier molecular flexibility index (Phi) is 3.91. The molecule has 0 bridgehead atoms. The standard InChI is InChI=1S/C8H2Cl4O4/c9-3-1(7(13)14)2(8(15)16)4(10)6(12)5(3)11/h(H,13,14)(H,15,16)/p-2. The molecule has 0 radical (unpaired) electrons. The Morgan fingerprint density at radius 2 is 0.938 bits per heavy atom. The molecular weight excluding hydrogens is 302 g/mol. The Bertz CT molecular complexity index is 453. The van der Waals surface area contributed by atoms with E-state index >= 15 is 0 Å². The van der Waals surface area contributed by atoms with Gasteiger partial charge in [-0.2, -0.15) is 0 Å². The van der Waals surface area contributed by atoms with Crippen LogP contribution >= 0.6 is 46.4 Å². The Morgan fingerprint density at radius 1 is 0.688 bits per heavy atom. The average molecular weight is 302 g/mol. The molecule has 1 aromatic carbocycles. The van der Waals surface area contributed by atoms with Crippen molar-refractivity contribution in [2.24, 2.45) is 0 Å². The Morgan fingerprint density at radius 3 is 1.12 bits per heavy atom. The van der Waals surface area contributed by atoms with Crippen molar-refractivity contribution in [1.82, 2.24) is 0 Å². The van der Waals surface area contributed by atoms with Gasteiger partial charge in [-0.25, -0.2) is 0 Å². The largest absolute Gasteiger partial charge is 0.545 e. The highest BCUT2D eigenvalue weighted by atomic mass is 35.5.